The first-order valence-electron chi connectivity index (χ1n) is 6.63. The highest BCUT2D eigenvalue weighted by Crippen LogP contribution is 2.17. The molecule has 0 atom stereocenters. The van der Waals surface area contributed by atoms with E-state index in [1.165, 1.54) is 12.1 Å². The normalized spacial score (nSPS) is 11.5. The molecular weight excluding hydrogens is 265 g/mol. The first kappa shape index (κ1) is 15.8. The molecule has 0 aromatic heterocycles. The third-order valence-electron chi connectivity index (χ3n) is 2.54. The van der Waals surface area contributed by atoms with Crippen molar-refractivity contribution in [1.82, 2.24) is 10.6 Å². The molecule has 0 spiro atoms. The Morgan fingerprint density at radius 3 is 2.74 bits per heavy atom. The molecular formula is C14H21ClFN3. The summed E-state index contributed by atoms with van der Waals surface area (Å²) in [6.45, 7) is 6.45. The molecule has 0 unspecified atom stereocenters. The number of guanidine groups is 1. The van der Waals surface area contributed by atoms with Gasteiger partial charge in [0, 0.05) is 24.7 Å². The van der Waals surface area contributed by atoms with Crippen molar-refractivity contribution in [2.45, 2.75) is 26.7 Å². The Kier molecular flexibility index (Phi) is 7.26. The van der Waals surface area contributed by atoms with Gasteiger partial charge >= 0.3 is 0 Å². The first-order chi connectivity index (χ1) is 9.17. The molecule has 1 aromatic rings. The van der Waals surface area contributed by atoms with Crippen LogP contribution in [0.25, 0.3) is 0 Å². The van der Waals surface area contributed by atoms with E-state index in [2.05, 4.69) is 22.5 Å². The van der Waals surface area contributed by atoms with Crippen LogP contribution in [0.15, 0.2) is 23.2 Å². The Hall–Kier alpha value is -1.29. The van der Waals surface area contributed by atoms with Crippen molar-refractivity contribution >= 4 is 17.6 Å². The molecule has 0 bridgehead atoms. The molecule has 0 aliphatic heterocycles. The average molecular weight is 286 g/mol. The van der Waals surface area contributed by atoms with Crippen molar-refractivity contribution < 1.29 is 4.39 Å². The molecule has 0 amide bonds. The van der Waals surface area contributed by atoms with Crippen molar-refractivity contribution in [3.8, 4) is 0 Å². The predicted molar refractivity (Wildman–Crippen MR) is 79.4 cm³/mol. The molecule has 0 saturated heterocycles. The average Bonchev–Trinajstić information content (AvgIpc) is 2.38. The monoisotopic (exact) mass is 285 g/mol. The summed E-state index contributed by atoms with van der Waals surface area (Å²) in [7, 11) is 0. The van der Waals surface area contributed by atoms with Gasteiger partial charge in [-0.3, -0.25) is 4.99 Å². The minimum absolute atomic E-state index is 0.306. The lowest BCUT2D eigenvalue weighted by Gasteiger charge is -2.11. The van der Waals surface area contributed by atoms with Gasteiger partial charge in [0.1, 0.15) is 5.82 Å². The van der Waals surface area contributed by atoms with E-state index in [-0.39, 0.29) is 5.82 Å². The van der Waals surface area contributed by atoms with E-state index in [0.29, 0.717) is 11.6 Å². The predicted octanol–water partition coefficient (Wildman–Crippen LogP) is 2.99. The number of halogens is 2. The maximum absolute atomic E-state index is 12.9. The molecule has 3 nitrogen and oxygen atoms in total. The fraction of sp³-hybridized carbons (Fsp3) is 0.500. The Morgan fingerprint density at radius 2 is 2.11 bits per heavy atom. The molecule has 0 radical (unpaired) electrons. The molecule has 2 N–H and O–H groups in total. The fourth-order valence-corrected chi connectivity index (χ4v) is 1.87. The molecule has 1 aromatic carbocycles. The van der Waals surface area contributed by atoms with Crippen molar-refractivity contribution in [2.75, 3.05) is 19.6 Å². The van der Waals surface area contributed by atoms with Crippen molar-refractivity contribution in [1.29, 1.82) is 0 Å². The lowest BCUT2D eigenvalue weighted by molar-refractivity contribution is 0.627. The Morgan fingerprint density at radius 1 is 1.32 bits per heavy atom. The molecule has 1 rings (SSSR count). The molecule has 0 fully saturated rings. The third-order valence-corrected chi connectivity index (χ3v) is 2.89. The highest BCUT2D eigenvalue weighted by molar-refractivity contribution is 6.31. The molecule has 0 aliphatic rings. The van der Waals surface area contributed by atoms with Crippen molar-refractivity contribution in [3.05, 3.63) is 34.6 Å². The fourth-order valence-electron chi connectivity index (χ4n) is 1.61. The smallest absolute Gasteiger partial charge is 0.191 e. The minimum Gasteiger partial charge on any atom is -0.357 e. The van der Waals surface area contributed by atoms with Gasteiger partial charge in [0.05, 0.1) is 0 Å². The van der Waals surface area contributed by atoms with E-state index >= 15 is 0 Å². The lowest BCUT2D eigenvalue weighted by atomic mass is 10.1. The van der Waals surface area contributed by atoms with E-state index in [1.54, 1.807) is 6.07 Å². The summed E-state index contributed by atoms with van der Waals surface area (Å²) in [4.78, 5) is 4.40. The van der Waals surface area contributed by atoms with Crippen LogP contribution in [0.1, 0.15) is 25.8 Å². The zero-order chi connectivity index (χ0) is 14.1. The molecule has 0 heterocycles. The van der Waals surface area contributed by atoms with Crippen LogP contribution in [0.2, 0.25) is 5.02 Å². The van der Waals surface area contributed by atoms with E-state index in [0.717, 1.165) is 37.5 Å². The molecule has 106 valence electrons. The standard InChI is InChI=1S/C14H21ClFN3/c1-3-8-18-14(17-4-2)19-9-7-11-5-6-12(16)10-13(11)15/h5-6,10H,3-4,7-9H2,1-2H3,(H2,17,18,19). The van der Waals surface area contributed by atoms with Gasteiger partial charge in [-0.05, 0) is 37.5 Å². The summed E-state index contributed by atoms with van der Waals surface area (Å²) in [6.07, 6.45) is 1.75. The van der Waals surface area contributed by atoms with E-state index < -0.39 is 0 Å². The molecule has 0 saturated carbocycles. The topological polar surface area (TPSA) is 36.4 Å². The minimum atomic E-state index is -0.306. The van der Waals surface area contributed by atoms with Gasteiger partial charge in [-0.25, -0.2) is 4.39 Å². The summed E-state index contributed by atoms with van der Waals surface area (Å²) < 4.78 is 12.9. The van der Waals surface area contributed by atoms with Crippen LogP contribution in [0, 0.1) is 5.82 Å². The van der Waals surface area contributed by atoms with Crippen LogP contribution < -0.4 is 10.6 Å². The van der Waals surface area contributed by atoms with Gasteiger partial charge < -0.3 is 10.6 Å². The second-order valence-electron chi connectivity index (χ2n) is 4.17. The molecule has 5 heteroatoms. The maximum Gasteiger partial charge on any atom is 0.191 e. The van der Waals surface area contributed by atoms with Crippen LogP contribution in [0.3, 0.4) is 0 Å². The van der Waals surface area contributed by atoms with Gasteiger partial charge in [0.25, 0.3) is 0 Å². The highest BCUT2D eigenvalue weighted by atomic mass is 35.5. The number of aliphatic imine (C=N–C) groups is 1. The first-order valence-corrected chi connectivity index (χ1v) is 7.01. The van der Waals surface area contributed by atoms with E-state index in [4.69, 9.17) is 11.6 Å². The van der Waals surface area contributed by atoms with Crippen molar-refractivity contribution in [2.24, 2.45) is 4.99 Å². The zero-order valence-corrected chi connectivity index (χ0v) is 12.2. The van der Waals surface area contributed by atoms with Crippen LogP contribution in [-0.2, 0) is 6.42 Å². The number of rotatable bonds is 6. The summed E-state index contributed by atoms with van der Waals surface area (Å²) in [6, 6.07) is 4.49. The van der Waals surface area contributed by atoms with Crippen LogP contribution in [0.4, 0.5) is 4.39 Å². The van der Waals surface area contributed by atoms with Crippen molar-refractivity contribution in [3.63, 3.8) is 0 Å². The van der Waals surface area contributed by atoms with Crippen LogP contribution in [-0.4, -0.2) is 25.6 Å². The Labute approximate surface area is 119 Å². The number of nitrogens with one attached hydrogen (secondary N) is 2. The molecule has 19 heavy (non-hydrogen) atoms. The number of benzene rings is 1. The Bertz CT molecular complexity index is 421. The summed E-state index contributed by atoms with van der Waals surface area (Å²) in [5.41, 5.74) is 0.932. The van der Waals surface area contributed by atoms with E-state index in [1.807, 2.05) is 6.92 Å². The SMILES string of the molecule is CCCN=C(NCC)NCCc1ccc(F)cc1Cl. The second kappa shape index (κ2) is 8.75. The molecule has 0 aliphatic carbocycles. The summed E-state index contributed by atoms with van der Waals surface area (Å²) in [5, 5.41) is 6.88. The van der Waals surface area contributed by atoms with E-state index in [9.17, 15) is 4.39 Å². The highest BCUT2D eigenvalue weighted by Gasteiger charge is 2.02. The Balaban J connectivity index is 2.47. The quantitative estimate of drug-likeness (QED) is 0.623. The van der Waals surface area contributed by atoms with Gasteiger partial charge in [-0.15, -0.1) is 0 Å². The van der Waals surface area contributed by atoms with Gasteiger partial charge in [-0.1, -0.05) is 24.6 Å². The zero-order valence-electron chi connectivity index (χ0n) is 11.5. The third kappa shape index (κ3) is 5.92. The maximum atomic E-state index is 12.9. The number of hydrogen-bond donors (Lipinski definition) is 2. The van der Waals surface area contributed by atoms with Gasteiger partial charge in [-0.2, -0.15) is 0 Å². The summed E-state index contributed by atoms with van der Waals surface area (Å²) in [5.74, 6) is 0.502. The largest absolute Gasteiger partial charge is 0.357 e. The lowest BCUT2D eigenvalue weighted by Crippen LogP contribution is -2.38. The van der Waals surface area contributed by atoms with Gasteiger partial charge in [0.2, 0.25) is 0 Å². The number of hydrogen-bond acceptors (Lipinski definition) is 1. The van der Waals surface area contributed by atoms with Gasteiger partial charge in [0.15, 0.2) is 5.96 Å². The summed E-state index contributed by atoms with van der Waals surface area (Å²) >= 11 is 5.98. The number of nitrogens with zero attached hydrogens (tertiary/aromatic N) is 1. The van der Waals surface area contributed by atoms with Crippen LogP contribution in [0.5, 0.6) is 0 Å². The van der Waals surface area contributed by atoms with Crippen LogP contribution >= 0.6 is 11.6 Å². The second-order valence-corrected chi connectivity index (χ2v) is 4.58.